The Morgan fingerprint density at radius 3 is 2.42 bits per heavy atom. The molecule has 2 aromatic carbocycles. The quantitative estimate of drug-likeness (QED) is 0.422. The van der Waals surface area contributed by atoms with Crippen molar-refractivity contribution in [3.8, 4) is 11.5 Å². The van der Waals surface area contributed by atoms with Gasteiger partial charge in [0, 0.05) is 0 Å². The van der Waals surface area contributed by atoms with Crippen molar-refractivity contribution in [3.63, 3.8) is 0 Å². The van der Waals surface area contributed by atoms with E-state index in [1.165, 1.54) is 6.21 Å². The fourth-order valence-electron chi connectivity index (χ4n) is 2.66. The molecule has 0 unspecified atom stereocenters. The van der Waals surface area contributed by atoms with E-state index in [4.69, 9.17) is 9.47 Å². The summed E-state index contributed by atoms with van der Waals surface area (Å²) >= 11 is 0. The second-order valence-corrected chi connectivity index (χ2v) is 8.79. The van der Waals surface area contributed by atoms with Gasteiger partial charge in [-0.2, -0.15) is 5.10 Å². The summed E-state index contributed by atoms with van der Waals surface area (Å²) in [7, 11) is -3.64. The Kier molecular flexibility index (Phi) is 8.87. The molecule has 168 valence electrons. The Hall–Kier alpha value is -3.07. The summed E-state index contributed by atoms with van der Waals surface area (Å²) in [5, 5.41) is 3.94. The number of sulfonamides is 1. The number of ether oxygens (including phenoxy) is 2. The lowest BCUT2D eigenvalue weighted by Gasteiger charge is -2.21. The molecule has 0 fully saturated rings. The van der Waals surface area contributed by atoms with E-state index in [-0.39, 0.29) is 6.54 Å². The highest BCUT2D eigenvalue weighted by molar-refractivity contribution is 7.92. The number of nitrogens with one attached hydrogen (secondary N) is 1. The smallest absolute Gasteiger partial charge is 0.260 e. The zero-order chi connectivity index (χ0) is 22.9. The van der Waals surface area contributed by atoms with Crippen LogP contribution in [-0.4, -0.2) is 46.6 Å². The highest BCUT2D eigenvalue weighted by Crippen LogP contribution is 2.28. The Balaban J connectivity index is 2.06. The van der Waals surface area contributed by atoms with Crippen molar-refractivity contribution < 1.29 is 22.7 Å². The van der Waals surface area contributed by atoms with Gasteiger partial charge in [0.2, 0.25) is 10.0 Å². The average molecular weight is 448 g/mol. The molecule has 31 heavy (non-hydrogen) atoms. The van der Waals surface area contributed by atoms with E-state index in [9.17, 15) is 13.2 Å². The number of anilines is 1. The molecule has 0 aliphatic heterocycles. The van der Waals surface area contributed by atoms with Gasteiger partial charge in [-0.25, -0.2) is 13.8 Å². The van der Waals surface area contributed by atoms with Crippen molar-refractivity contribution in [2.75, 3.05) is 30.3 Å². The fraction of sp³-hybridized carbons (Fsp3) is 0.364. The second-order valence-electron chi connectivity index (χ2n) is 6.89. The number of carbonyl (C=O) groups excluding carboxylic acids is 1. The molecule has 1 N–H and O–H groups in total. The molecular formula is C22H29N3O5S. The summed E-state index contributed by atoms with van der Waals surface area (Å²) in [6, 6.07) is 12.2. The largest absolute Gasteiger partial charge is 0.490 e. The van der Waals surface area contributed by atoms with Crippen molar-refractivity contribution in [3.05, 3.63) is 53.6 Å². The first-order valence-electron chi connectivity index (χ1n) is 10.0. The molecule has 9 heteroatoms. The molecule has 0 heterocycles. The number of aryl methyl sites for hydroxylation is 1. The zero-order valence-corrected chi connectivity index (χ0v) is 19.1. The predicted octanol–water partition coefficient (Wildman–Crippen LogP) is 3.10. The van der Waals surface area contributed by atoms with Gasteiger partial charge in [-0.05, 0) is 56.2 Å². The van der Waals surface area contributed by atoms with Crippen LogP contribution in [0, 0.1) is 6.92 Å². The van der Waals surface area contributed by atoms with Gasteiger partial charge >= 0.3 is 0 Å². The van der Waals surface area contributed by atoms with Crippen LogP contribution < -0.4 is 19.2 Å². The zero-order valence-electron chi connectivity index (χ0n) is 18.3. The van der Waals surface area contributed by atoms with E-state index >= 15 is 0 Å². The van der Waals surface area contributed by atoms with E-state index in [0.717, 1.165) is 22.5 Å². The third-order valence-electron chi connectivity index (χ3n) is 4.14. The van der Waals surface area contributed by atoms with Crippen LogP contribution in [0.15, 0.2) is 47.6 Å². The number of hydrogen-bond acceptors (Lipinski definition) is 6. The van der Waals surface area contributed by atoms with E-state index in [2.05, 4.69) is 10.5 Å². The first-order chi connectivity index (χ1) is 14.7. The van der Waals surface area contributed by atoms with Crippen LogP contribution in [-0.2, 0) is 14.8 Å². The van der Waals surface area contributed by atoms with Crippen LogP contribution in [0.2, 0.25) is 0 Å². The first kappa shape index (κ1) is 24.2. The van der Waals surface area contributed by atoms with Crippen LogP contribution in [0.1, 0.15) is 31.4 Å². The minimum absolute atomic E-state index is 0.382. The van der Waals surface area contributed by atoms with E-state index in [1.54, 1.807) is 42.5 Å². The van der Waals surface area contributed by atoms with Crippen molar-refractivity contribution in [1.82, 2.24) is 5.43 Å². The number of benzene rings is 2. The maximum absolute atomic E-state index is 12.3. The molecule has 2 aromatic rings. The van der Waals surface area contributed by atoms with Gasteiger partial charge in [0.15, 0.2) is 11.5 Å². The van der Waals surface area contributed by atoms with E-state index in [0.29, 0.717) is 36.0 Å². The van der Waals surface area contributed by atoms with Gasteiger partial charge in [-0.1, -0.05) is 24.6 Å². The van der Waals surface area contributed by atoms with Crippen LogP contribution in [0.4, 0.5) is 5.69 Å². The molecular weight excluding hydrogens is 418 g/mol. The maximum Gasteiger partial charge on any atom is 0.260 e. The second kappa shape index (κ2) is 11.4. The molecule has 1 amide bonds. The summed E-state index contributed by atoms with van der Waals surface area (Å²) in [4.78, 5) is 12.3. The number of rotatable bonds is 11. The first-order valence-corrected chi connectivity index (χ1v) is 11.8. The summed E-state index contributed by atoms with van der Waals surface area (Å²) in [5.41, 5.74) is 4.47. The summed E-state index contributed by atoms with van der Waals surface area (Å²) < 4.78 is 36.6. The van der Waals surface area contributed by atoms with Gasteiger partial charge < -0.3 is 9.47 Å². The molecule has 0 aromatic heterocycles. The number of nitrogens with zero attached hydrogens (tertiary/aromatic N) is 2. The van der Waals surface area contributed by atoms with Gasteiger partial charge in [0.25, 0.3) is 5.91 Å². The van der Waals surface area contributed by atoms with Crippen LogP contribution in [0.3, 0.4) is 0 Å². The summed E-state index contributed by atoms with van der Waals surface area (Å²) in [5.74, 6) is 0.677. The molecule has 0 bridgehead atoms. The monoisotopic (exact) mass is 447 g/mol. The van der Waals surface area contributed by atoms with Crippen LogP contribution in [0.5, 0.6) is 11.5 Å². The SMILES string of the molecule is CCCOc1ccc(/C=N\NC(=O)CN(c2ccc(C)cc2)S(C)(=O)=O)cc1OCC. The molecule has 0 saturated heterocycles. The molecule has 0 spiro atoms. The van der Waals surface area contributed by atoms with Crippen molar-refractivity contribution in [1.29, 1.82) is 0 Å². The average Bonchev–Trinajstić information content (AvgIpc) is 2.72. The summed E-state index contributed by atoms with van der Waals surface area (Å²) in [6.45, 7) is 6.49. The van der Waals surface area contributed by atoms with E-state index in [1.807, 2.05) is 20.8 Å². The molecule has 0 aliphatic carbocycles. The highest BCUT2D eigenvalue weighted by atomic mass is 32.2. The summed E-state index contributed by atoms with van der Waals surface area (Å²) in [6.07, 6.45) is 3.40. The topological polar surface area (TPSA) is 97.3 Å². The Bertz CT molecular complexity index is 1000. The van der Waals surface area contributed by atoms with Gasteiger partial charge in [-0.3, -0.25) is 9.10 Å². The minimum Gasteiger partial charge on any atom is -0.490 e. The van der Waals surface area contributed by atoms with Crippen LogP contribution in [0.25, 0.3) is 0 Å². The lowest BCUT2D eigenvalue weighted by atomic mass is 10.2. The van der Waals surface area contributed by atoms with Gasteiger partial charge in [-0.15, -0.1) is 0 Å². The predicted molar refractivity (Wildman–Crippen MR) is 123 cm³/mol. The Morgan fingerprint density at radius 1 is 1.10 bits per heavy atom. The normalized spacial score (nSPS) is 11.4. The van der Waals surface area contributed by atoms with Crippen LogP contribution >= 0.6 is 0 Å². The van der Waals surface area contributed by atoms with Crippen molar-refractivity contribution >= 4 is 27.8 Å². The number of hydrogen-bond donors (Lipinski definition) is 1. The third-order valence-corrected chi connectivity index (χ3v) is 5.28. The molecule has 8 nitrogen and oxygen atoms in total. The van der Waals surface area contributed by atoms with Crippen molar-refractivity contribution in [2.24, 2.45) is 5.10 Å². The molecule has 2 rings (SSSR count). The Morgan fingerprint density at radius 2 is 1.81 bits per heavy atom. The third kappa shape index (κ3) is 7.60. The molecule has 0 radical (unpaired) electrons. The molecule has 0 atom stereocenters. The number of hydrazone groups is 1. The Labute approximate surface area is 183 Å². The van der Waals surface area contributed by atoms with E-state index < -0.39 is 15.9 Å². The lowest BCUT2D eigenvalue weighted by Crippen LogP contribution is -2.39. The minimum atomic E-state index is -3.64. The molecule has 0 saturated carbocycles. The number of amides is 1. The number of carbonyl (C=O) groups is 1. The lowest BCUT2D eigenvalue weighted by molar-refractivity contribution is -0.119. The standard InChI is InChI=1S/C22H29N3O5S/c1-5-13-30-20-12-9-18(14-21(20)29-6-2)15-23-24-22(26)16-25(31(4,27)28)19-10-7-17(3)8-11-19/h7-12,14-15H,5-6,13,16H2,1-4H3,(H,24,26)/b23-15-. The van der Waals surface area contributed by atoms with Gasteiger partial charge in [0.1, 0.15) is 6.54 Å². The highest BCUT2D eigenvalue weighted by Gasteiger charge is 2.20. The molecule has 0 aliphatic rings. The van der Waals surface area contributed by atoms with Crippen molar-refractivity contribution in [2.45, 2.75) is 27.2 Å². The fourth-order valence-corrected chi connectivity index (χ4v) is 3.52. The van der Waals surface area contributed by atoms with Gasteiger partial charge in [0.05, 0.1) is 31.4 Å². The maximum atomic E-state index is 12.3.